The van der Waals surface area contributed by atoms with Gasteiger partial charge in [-0.2, -0.15) is 0 Å². The minimum absolute atomic E-state index is 0.0136. The highest BCUT2D eigenvalue weighted by Crippen LogP contribution is 2.41. The monoisotopic (exact) mass is 253 g/mol. The number of halogens is 2. The van der Waals surface area contributed by atoms with Crippen LogP contribution in [0, 0.1) is 0 Å². The number of rotatable bonds is 2. The Morgan fingerprint density at radius 1 is 1.46 bits per heavy atom. The summed E-state index contributed by atoms with van der Waals surface area (Å²) in [5.74, 6) is 0. The molecule has 0 aliphatic rings. The van der Waals surface area contributed by atoms with E-state index in [9.17, 15) is 0 Å². The van der Waals surface area contributed by atoms with Gasteiger partial charge in [0.15, 0.2) is 0 Å². The van der Waals surface area contributed by atoms with Crippen LogP contribution in [-0.2, 0) is 4.36 Å². The summed E-state index contributed by atoms with van der Waals surface area (Å²) < 4.78 is -0.575. The van der Waals surface area contributed by atoms with Crippen LogP contribution in [0.15, 0.2) is 18.3 Å². The third-order valence-corrected chi connectivity index (χ3v) is 2.68. The van der Waals surface area contributed by atoms with Gasteiger partial charge in [-0.05, 0) is 18.6 Å². The van der Waals surface area contributed by atoms with Crippen LogP contribution in [-0.4, -0.2) is 4.98 Å². The van der Waals surface area contributed by atoms with Gasteiger partial charge in [-0.3, -0.25) is 4.98 Å². The maximum atomic E-state index is 6.02. The third-order valence-electron chi connectivity index (χ3n) is 1.64. The zero-order valence-electron chi connectivity index (χ0n) is 7.17. The van der Waals surface area contributed by atoms with Crippen molar-refractivity contribution in [2.24, 2.45) is 0 Å². The standard InChI is InChI=1S/C8H11Cl2NP2/c1-5(9)6-2-3-7(11-4-6)8(10,12)13/h2-5H,12-13H2,1H3. The normalized spacial score (nSPS) is 14.2. The highest BCUT2D eigenvalue weighted by molar-refractivity contribution is 7.43. The van der Waals surface area contributed by atoms with Crippen molar-refractivity contribution in [3.8, 4) is 0 Å². The summed E-state index contributed by atoms with van der Waals surface area (Å²) in [5, 5.41) is -0.0136. The highest BCUT2D eigenvalue weighted by atomic mass is 35.5. The van der Waals surface area contributed by atoms with E-state index in [1.165, 1.54) is 0 Å². The number of alkyl halides is 2. The lowest BCUT2D eigenvalue weighted by Gasteiger charge is -2.15. The molecule has 72 valence electrons. The fourth-order valence-corrected chi connectivity index (χ4v) is 1.45. The number of hydrogen-bond acceptors (Lipinski definition) is 1. The third kappa shape index (κ3) is 3.33. The lowest BCUT2D eigenvalue weighted by molar-refractivity contribution is 1.02. The molecule has 0 aliphatic carbocycles. The van der Waals surface area contributed by atoms with Gasteiger partial charge in [0.25, 0.3) is 0 Å². The van der Waals surface area contributed by atoms with Gasteiger partial charge >= 0.3 is 0 Å². The molecule has 0 spiro atoms. The fourth-order valence-electron chi connectivity index (χ4n) is 0.867. The molecule has 1 aromatic rings. The summed E-state index contributed by atoms with van der Waals surface area (Å²) in [5.41, 5.74) is 1.80. The topological polar surface area (TPSA) is 12.9 Å². The Bertz CT molecular complexity index is 279. The van der Waals surface area contributed by atoms with Crippen molar-refractivity contribution in [1.29, 1.82) is 0 Å². The van der Waals surface area contributed by atoms with Crippen molar-refractivity contribution in [3.05, 3.63) is 29.6 Å². The first-order valence-electron chi connectivity index (χ1n) is 3.78. The molecule has 3 unspecified atom stereocenters. The van der Waals surface area contributed by atoms with E-state index in [0.717, 1.165) is 11.3 Å². The van der Waals surface area contributed by atoms with Gasteiger partial charge in [0.05, 0.1) is 11.1 Å². The van der Waals surface area contributed by atoms with E-state index in [4.69, 9.17) is 23.2 Å². The van der Waals surface area contributed by atoms with Crippen molar-refractivity contribution in [1.82, 2.24) is 4.98 Å². The SMILES string of the molecule is CC(Cl)c1ccc(C(P)(P)Cl)nc1. The largest absolute Gasteiger partial charge is 0.258 e. The number of aromatic nitrogens is 1. The molecular formula is C8H11Cl2NP2. The molecule has 1 aromatic heterocycles. The molecule has 0 saturated heterocycles. The number of pyridine rings is 1. The van der Waals surface area contributed by atoms with Crippen LogP contribution >= 0.6 is 41.7 Å². The first kappa shape index (κ1) is 11.7. The maximum Gasteiger partial charge on any atom is 0.113 e. The fraction of sp³-hybridized carbons (Fsp3) is 0.375. The molecule has 0 fully saturated rings. The van der Waals surface area contributed by atoms with E-state index in [-0.39, 0.29) is 5.38 Å². The van der Waals surface area contributed by atoms with Crippen molar-refractivity contribution < 1.29 is 0 Å². The molecular weight excluding hydrogens is 243 g/mol. The van der Waals surface area contributed by atoms with E-state index in [2.05, 4.69) is 23.5 Å². The first-order valence-corrected chi connectivity index (χ1v) is 5.75. The lowest BCUT2D eigenvalue weighted by atomic mass is 10.2. The predicted molar refractivity (Wildman–Crippen MR) is 65.5 cm³/mol. The zero-order chi connectivity index (χ0) is 10.1. The summed E-state index contributed by atoms with van der Waals surface area (Å²) in [6.45, 7) is 1.91. The first-order chi connectivity index (χ1) is 5.91. The minimum Gasteiger partial charge on any atom is -0.258 e. The number of hydrogen-bond donors (Lipinski definition) is 0. The van der Waals surface area contributed by atoms with Crippen molar-refractivity contribution in [3.63, 3.8) is 0 Å². The molecule has 0 saturated carbocycles. The van der Waals surface area contributed by atoms with E-state index < -0.39 is 4.36 Å². The Morgan fingerprint density at radius 3 is 2.38 bits per heavy atom. The van der Waals surface area contributed by atoms with E-state index in [1.54, 1.807) is 6.20 Å². The lowest BCUT2D eigenvalue weighted by Crippen LogP contribution is -2.02. The molecule has 0 radical (unpaired) electrons. The van der Waals surface area contributed by atoms with Crippen LogP contribution in [0.1, 0.15) is 23.6 Å². The summed E-state index contributed by atoms with van der Waals surface area (Å²) in [6, 6.07) is 3.81. The quantitative estimate of drug-likeness (QED) is 0.581. The second-order valence-corrected chi connectivity index (χ2v) is 7.36. The van der Waals surface area contributed by atoms with Gasteiger partial charge in [-0.1, -0.05) is 6.07 Å². The Morgan fingerprint density at radius 2 is 2.08 bits per heavy atom. The van der Waals surface area contributed by atoms with Crippen LogP contribution in [0.25, 0.3) is 0 Å². The molecule has 3 atom stereocenters. The van der Waals surface area contributed by atoms with Gasteiger partial charge in [-0.15, -0.1) is 41.7 Å². The molecule has 13 heavy (non-hydrogen) atoms. The molecule has 1 nitrogen and oxygen atoms in total. The van der Waals surface area contributed by atoms with Gasteiger partial charge < -0.3 is 0 Å². The summed E-state index contributed by atoms with van der Waals surface area (Å²) in [7, 11) is 5.01. The van der Waals surface area contributed by atoms with Gasteiger partial charge in [-0.25, -0.2) is 0 Å². The summed E-state index contributed by atoms with van der Waals surface area (Å²) in [4.78, 5) is 4.21. The van der Waals surface area contributed by atoms with Gasteiger partial charge in [0.1, 0.15) is 4.36 Å². The van der Waals surface area contributed by atoms with Crippen LogP contribution < -0.4 is 0 Å². The summed E-state index contributed by atoms with van der Waals surface area (Å²) >= 11 is 11.9. The van der Waals surface area contributed by atoms with Crippen molar-refractivity contribution >= 4 is 41.7 Å². The molecule has 1 heterocycles. The molecule has 0 amide bonds. The van der Waals surface area contributed by atoms with E-state index >= 15 is 0 Å². The average molecular weight is 254 g/mol. The van der Waals surface area contributed by atoms with Crippen LogP contribution in [0.3, 0.4) is 0 Å². The molecule has 0 bridgehead atoms. The Kier molecular flexibility index (Phi) is 3.95. The molecule has 1 rings (SSSR count). The van der Waals surface area contributed by atoms with Crippen molar-refractivity contribution in [2.45, 2.75) is 16.7 Å². The maximum absolute atomic E-state index is 6.02. The van der Waals surface area contributed by atoms with E-state index in [1.807, 2.05) is 19.1 Å². The van der Waals surface area contributed by atoms with Crippen LogP contribution in [0.2, 0.25) is 0 Å². The molecule has 0 aliphatic heterocycles. The Hall–Kier alpha value is 0.590. The minimum atomic E-state index is -0.575. The second-order valence-electron chi connectivity index (χ2n) is 2.86. The number of nitrogens with zero attached hydrogens (tertiary/aromatic N) is 1. The average Bonchev–Trinajstić information content (AvgIpc) is 2.03. The molecule has 0 aromatic carbocycles. The zero-order valence-corrected chi connectivity index (χ0v) is 11.0. The van der Waals surface area contributed by atoms with Gasteiger partial charge in [0.2, 0.25) is 0 Å². The van der Waals surface area contributed by atoms with Crippen molar-refractivity contribution in [2.75, 3.05) is 0 Å². The molecule has 0 N–H and O–H groups in total. The van der Waals surface area contributed by atoms with Crippen LogP contribution in [0.5, 0.6) is 0 Å². The Balaban J connectivity index is 2.94. The summed E-state index contributed by atoms with van der Waals surface area (Å²) in [6.07, 6.45) is 1.75. The smallest absolute Gasteiger partial charge is 0.113 e. The molecule has 5 heteroatoms. The Labute approximate surface area is 93.0 Å². The van der Waals surface area contributed by atoms with Gasteiger partial charge in [0, 0.05) is 6.20 Å². The highest BCUT2D eigenvalue weighted by Gasteiger charge is 2.18. The predicted octanol–water partition coefficient (Wildman–Crippen LogP) is 3.48. The van der Waals surface area contributed by atoms with Crippen LogP contribution in [0.4, 0.5) is 0 Å². The van der Waals surface area contributed by atoms with E-state index in [0.29, 0.717) is 0 Å². The second kappa shape index (κ2) is 4.41.